The first-order valence-electron chi connectivity index (χ1n) is 7.61. The van der Waals surface area contributed by atoms with E-state index in [1.807, 2.05) is 4.90 Å². The van der Waals surface area contributed by atoms with E-state index in [0.29, 0.717) is 13.0 Å². The number of hydrogen-bond donors (Lipinski definition) is 1. The molecule has 2 saturated heterocycles. The Bertz CT molecular complexity index is 280. The number of nitrogens with two attached hydrogens (primary N) is 1. The smallest absolute Gasteiger partial charge is 0.225 e. The Labute approximate surface area is 116 Å². The number of carbonyl (C=O) groups excluding carboxylic acids is 1. The van der Waals surface area contributed by atoms with Crippen LogP contribution in [0.15, 0.2) is 0 Å². The highest BCUT2D eigenvalue weighted by atomic mass is 16.5. The minimum absolute atomic E-state index is 0.157. The second-order valence-electron chi connectivity index (χ2n) is 5.56. The van der Waals surface area contributed by atoms with Gasteiger partial charge in [-0.25, -0.2) is 0 Å². The number of rotatable bonds is 4. The first-order chi connectivity index (χ1) is 9.29. The van der Waals surface area contributed by atoms with Crippen molar-refractivity contribution in [1.82, 2.24) is 9.80 Å². The third-order valence-corrected chi connectivity index (χ3v) is 4.06. The predicted molar refractivity (Wildman–Crippen MR) is 74.9 cm³/mol. The summed E-state index contributed by atoms with van der Waals surface area (Å²) in [5.74, 6) is 0.265. The second-order valence-corrected chi connectivity index (χ2v) is 5.56. The molecular formula is C14H27N3O2. The van der Waals surface area contributed by atoms with Crippen LogP contribution in [0.4, 0.5) is 0 Å². The first kappa shape index (κ1) is 14.8. The molecule has 110 valence electrons. The van der Waals surface area contributed by atoms with Crippen molar-refractivity contribution in [2.75, 3.05) is 45.9 Å². The molecule has 5 heteroatoms. The van der Waals surface area contributed by atoms with E-state index in [1.54, 1.807) is 0 Å². The maximum absolute atomic E-state index is 12.3. The summed E-state index contributed by atoms with van der Waals surface area (Å²) in [6.07, 6.45) is 5.15. The van der Waals surface area contributed by atoms with Gasteiger partial charge >= 0.3 is 0 Å². The molecule has 2 aliphatic heterocycles. The lowest BCUT2D eigenvalue weighted by molar-refractivity contribution is -0.135. The molecule has 0 saturated carbocycles. The minimum atomic E-state index is 0.157. The van der Waals surface area contributed by atoms with Gasteiger partial charge in [0, 0.05) is 39.3 Å². The molecule has 2 heterocycles. The van der Waals surface area contributed by atoms with Crippen LogP contribution >= 0.6 is 0 Å². The Morgan fingerprint density at radius 2 is 2.05 bits per heavy atom. The molecule has 0 aliphatic carbocycles. The van der Waals surface area contributed by atoms with Crippen LogP contribution < -0.4 is 5.73 Å². The average molecular weight is 269 g/mol. The van der Waals surface area contributed by atoms with E-state index in [2.05, 4.69) is 4.90 Å². The minimum Gasteiger partial charge on any atom is -0.378 e. The molecule has 0 aromatic rings. The van der Waals surface area contributed by atoms with Gasteiger partial charge in [-0.2, -0.15) is 0 Å². The zero-order chi connectivity index (χ0) is 13.5. The summed E-state index contributed by atoms with van der Waals surface area (Å²) in [6, 6.07) is 0. The molecule has 5 nitrogen and oxygen atoms in total. The molecule has 2 aliphatic rings. The fourth-order valence-corrected chi connectivity index (χ4v) is 2.92. The third-order valence-electron chi connectivity index (χ3n) is 4.06. The Balaban J connectivity index is 1.75. The summed E-state index contributed by atoms with van der Waals surface area (Å²) >= 11 is 0. The molecule has 2 N–H and O–H groups in total. The molecular weight excluding hydrogens is 242 g/mol. The topological polar surface area (TPSA) is 58.8 Å². The van der Waals surface area contributed by atoms with Crippen molar-refractivity contribution in [3.63, 3.8) is 0 Å². The zero-order valence-electron chi connectivity index (χ0n) is 11.9. The van der Waals surface area contributed by atoms with Crippen LogP contribution in [0.2, 0.25) is 0 Å². The van der Waals surface area contributed by atoms with E-state index in [1.165, 1.54) is 6.42 Å². The van der Waals surface area contributed by atoms with Crippen LogP contribution in [0.1, 0.15) is 32.1 Å². The standard InChI is InChI=1S/C14H27N3O2/c15-5-8-16-6-3-7-17(10-9-16)14(18)12-13-4-1-2-11-19-13/h13H,1-12,15H2. The van der Waals surface area contributed by atoms with Gasteiger partial charge < -0.3 is 20.3 Å². The maximum atomic E-state index is 12.3. The molecule has 1 amide bonds. The predicted octanol–water partition coefficient (Wildman–Crippen LogP) is 0.439. The van der Waals surface area contributed by atoms with Crippen molar-refractivity contribution in [2.45, 2.75) is 38.2 Å². The van der Waals surface area contributed by atoms with E-state index in [4.69, 9.17) is 10.5 Å². The third kappa shape index (κ3) is 4.75. The molecule has 1 atom stereocenters. The van der Waals surface area contributed by atoms with E-state index in [9.17, 15) is 4.79 Å². The largest absolute Gasteiger partial charge is 0.378 e. The summed E-state index contributed by atoms with van der Waals surface area (Å²) in [5.41, 5.74) is 5.59. The lowest BCUT2D eigenvalue weighted by atomic mass is 10.1. The van der Waals surface area contributed by atoms with Gasteiger partial charge in [0.15, 0.2) is 0 Å². The number of hydrogen-bond acceptors (Lipinski definition) is 4. The fraction of sp³-hybridized carbons (Fsp3) is 0.929. The van der Waals surface area contributed by atoms with Crippen molar-refractivity contribution in [1.29, 1.82) is 0 Å². The molecule has 0 aromatic heterocycles. The van der Waals surface area contributed by atoms with Gasteiger partial charge in [-0.15, -0.1) is 0 Å². The molecule has 0 bridgehead atoms. The van der Waals surface area contributed by atoms with Gasteiger partial charge in [-0.3, -0.25) is 4.79 Å². The van der Waals surface area contributed by atoms with Crippen molar-refractivity contribution < 1.29 is 9.53 Å². The molecule has 2 rings (SSSR count). The van der Waals surface area contributed by atoms with Gasteiger partial charge in [0.1, 0.15) is 0 Å². The van der Waals surface area contributed by atoms with Crippen molar-refractivity contribution >= 4 is 5.91 Å². The first-order valence-corrected chi connectivity index (χ1v) is 7.61. The Kier molecular flexibility index (Phi) is 6.07. The van der Waals surface area contributed by atoms with Crippen molar-refractivity contribution in [3.05, 3.63) is 0 Å². The van der Waals surface area contributed by atoms with Crippen molar-refractivity contribution in [3.8, 4) is 0 Å². The summed E-state index contributed by atoms with van der Waals surface area (Å²) in [4.78, 5) is 16.6. The van der Waals surface area contributed by atoms with Gasteiger partial charge in [0.25, 0.3) is 0 Å². The zero-order valence-corrected chi connectivity index (χ0v) is 11.9. The molecule has 19 heavy (non-hydrogen) atoms. The molecule has 2 fully saturated rings. The van der Waals surface area contributed by atoms with Gasteiger partial charge in [-0.1, -0.05) is 0 Å². The van der Waals surface area contributed by atoms with Crippen LogP contribution in [0.5, 0.6) is 0 Å². The number of ether oxygens (including phenoxy) is 1. The molecule has 1 unspecified atom stereocenters. The van der Waals surface area contributed by atoms with E-state index in [0.717, 1.165) is 58.6 Å². The van der Waals surface area contributed by atoms with Crippen LogP contribution in [0, 0.1) is 0 Å². The lowest BCUT2D eigenvalue weighted by Gasteiger charge is -2.26. The van der Waals surface area contributed by atoms with Crippen LogP contribution in [-0.4, -0.2) is 67.7 Å². The quantitative estimate of drug-likeness (QED) is 0.804. The highest BCUT2D eigenvalue weighted by Crippen LogP contribution is 2.17. The van der Waals surface area contributed by atoms with Crippen molar-refractivity contribution in [2.24, 2.45) is 5.73 Å². The lowest BCUT2D eigenvalue weighted by Crippen LogP contribution is -2.38. The highest BCUT2D eigenvalue weighted by molar-refractivity contribution is 5.76. The van der Waals surface area contributed by atoms with Gasteiger partial charge in [-0.05, 0) is 32.2 Å². The van der Waals surface area contributed by atoms with Crippen LogP contribution in [0.3, 0.4) is 0 Å². The molecule has 0 aromatic carbocycles. The highest BCUT2D eigenvalue weighted by Gasteiger charge is 2.23. The number of carbonyl (C=O) groups is 1. The Morgan fingerprint density at radius 3 is 2.79 bits per heavy atom. The van der Waals surface area contributed by atoms with Crippen LogP contribution in [0.25, 0.3) is 0 Å². The Morgan fingerprint density at radius 1 is 1.16 bits per heavy atom. The number of nitrogens with zero attached hydrogens (tertiary/aromatic N) is 2. The summed E-state index contributed by atoms with van der Waals surface area (Å²) in [7, 11) is 0. The van der Waals surface area contributed by atoms with Gasteiger partial charge in [0.05, 0.1) is 12.5 Å². The van der Waals surface area contributed by atoms with Gasteiger partial charge in [0.2, 0.25) is 5.91 Å². The second kappa shape index (κ2) is 7.82. The molecule has 0 spiro atoms. The monoisotopic (exact) mass is 269 g/mol. The van der Waals surface area contributed by atoms with E-state index in [-0.39, 0.29) is 12.0 Å². The van der Waals surface area contributed by atoms with E-state index < -0.39 is 0 Å². The normalized spacial score (nSPS) is 26.2. The number of amides is 1. The maximum Gasteiger partial charge on any atom is 0.225 e. The summed E-state index contributed by atoms with van der Waals surface area (Å²) < 4.78 is 5.66. The fourth-order valence-electron chi connectivity index (χ4n) is 2.92. The molecule has 0 radical (unpaired) electrons. The summed E-state index contributed by atoms with van der Waals surface area (Å²) in [5, 5.41) is 0. The summed E-state index contributed by atoms with van der Waals surface area (Å²) in [6.45, 7) is 6.19. The van der Waals surface area contributed by atoms with Crippen LogP contribution in [-0.2, 0) is 9.53 Å². The van der Waals surface area contributed by atoms with E-state index >= 15 is 0 Å². The Hall–Kier alpha value is -0.650. The average Bonchev–Trinajstić information content (AvgIpc) is 2.66. The SMILES string of the molecule is NCCN1CCCN(C(=O)CC2CCCCO2)CC1.